The van der Waals surface area contributed by atoms with Gasteiger partial charge in [0.05, 0.1) is 19.0 Å². The maximum Gasteiger partial charge on any atom is 0.291 e. The van der Waals surface area contributed by atoms with E-state index in [1.165, 1.54) is 18.6 Å². The maximum absolute atomic E-state index is 11.8. The van der Waals surface area contributed by atoms with Gasteiger partial charge in [-0.2, -0.15) is 5.10 Å². The average molecular weight is 270 g/mol. The molecule has 0 fully saturated rings. The van der Waals surface area contributed by atoms with Crippen molar-refractivity contribution in [2.24, 2.45) is 5.10 Å². The summed E-state index contributed by atoms with van der Waals surface area (Å²) in [6, 6.07) is 7.43. The molecule has 0 aliphatic heterocycles. The lowest BCUT2D eigenvalue weighted by molar-refractivity contribution is 0.0949. The molecule has 0 aliphatic carbocycles. The first-order valence-electron chi connectivity index (χ1n) is 5.96. The van der Waals surface area contributed by atoms with Crippen molar-refractivity contribution in [1.82, 2.24) is 15.4 Å². The molecule has 1 N–H and O–H groups in total. The Kier molecular flexibility index (Phi) is 4.39. The fourth-order valence-corrected chi connectivity index (χ4v) is 1.52. The number of nitrogens with zero attached hydrogens (tertiary/aromatic N) is 3. The minimum absolute atomic E-state index is 0.217. The van der Waals surface area contributed by atoms with Gasteiger partial charge < -0.3 is 4.74 Å². The van der Waals surface area contributed by atoms with Crippen molar-refractivity contribution in [3.8, 4) is 5.75 Å². The smallest absolute Gasteiger partial charge is 0.291 e. The Balaban J connectivity index is 2.09. The molecule has 1 amide bonds. The summed E-state index contributed by atoms with van der Waals surface area (Å²) in [6.45, 7) is 1.80. The molecule has 0 spiro atoms. The standard InChI is InChI=1S/C14H14N4O2/c1-10(11-4-3-5-12(8-11)20-2)17-18-14(19)13-9-15-6-7-16-13/h3-9H,1-2H3,(H,18,19). The van der Waals surface area contributed by atoms with Gasteiger partial charge in [0.25, 0.3) is 5.91 Å². The molecule has 20 heavy (non-hydrogen) atoms. The van der Waals surface area contributed by atoms with Crippen LogP contribution in [0.5, 0.6) is 5.75 Å². The first-order valence-corrected chi connectivity index (χ1v) is 5.96. The lowest BCUT2D eigenvalue weighted by Crippen LogP contribution is -2.20. The molecule has 6 heteroatoms. The third-order valence-electron chi connectivity index (χ3n) is 2.61. The van der Waals surface area contributed by atoms with E-state index in [0.717, 1.165) is 11.3 Å². The van der Waals surface area contributed by atoms with E-state index in [2.05, 4.69) is 20.5 Å². The predicted molar refractivity (Wildman–Crippen MR) is 74.7 cm³/mol. The average Bonchev–Trinajstić information content (AvgIpc) is 2.53. The SMILES string of the molecule is COc1cccc(C(C)=NNC(=O)c2cnccn2)c1. The van der Waals surface area contributed by atoms with E-state index in [-0.39, 0.29) is 5.69 Å². The molecule has 102 valence electrons. The zero-order valence-corrected chi connectivity index (χ0v) is 11.2. The zero-order valence-electron chi connectivity index (χ0n) is 11.2. The lowest BCUT2D eigenvalue weighted by atomic mass is 10.1. The van der Waals surface area contributed by atoms with Crippen molar-refractivity contribution in [2.45, 2.75) is 6.92 Å². The third-order valence-corrected chi connectivity index (χ3v) is 2.61. The highest BCUT2D eigenvalue weighted by atomic mass is 16.5. The summed E-state index contributed by atoms with van der Waals surface area (Å²) in [5.41, 5.74) is 4.19. The second-order valence-corrected chi connectivity index (χ2v) is 3.96. The van der Waals surface area contributed by atoms with E-state index >= 15 is 0 Å². The molecule has 0 radical (unpaired) electrons. The number of hydrogen-bond donors (Lipinski definition) is 1. The number of amides is 1. The van der Waals surface area contributed by atoms with Crippen molar-refractivity contribution < 1.29 is 9.53 Å². The van der Waals surface area contributed by atoms with Gasteiger partial charge in [-0.3, -0.25) is 9.78 Å². The topological polar surface area (TPSA) is 76.5 Å². The normalized spacial score (nSPS) is 11.0. The summed E-state index contributed by atoms with van der Waals surface area (Å²) in [4.78, 5) is 19.5. The van der Waals surface area contributed by atoms with E-state index in [9.17, 15) is 4.79 Å². The van der Waals surface area contributed by atoms with Gasteiger partial charge in [-0.15, -0.1) is 0 Å². The van der Waals surface area contributed by atoms with Crippen LogP contribution in [0.1, 0.15) is 23.0 Å². The Morgan fingerprint density at radius 1 is 1.35 bits per heavy atom. The van der Waals surface area contributed by atoms with Crippen LogP contribution in [-0.2, 0) is 0 Å². The number of hydrazone groups is 1. The van der Waals surface area contributed by atoms with Gasteiger partial charge in [0.15, 0.2) is 0 Å². The van der Waals surface area contributed by atoms with Crippen LogP contribution in [-0.4, -0.2) is 28.7 Å². The minimum Gasteiger partial charge on any atom is -0.497 e. The highest BCUT2D eigenvalue weighted by molar-refractivity contribution is 6.00. The van der Waals surface area contributed by atoms with Crippen molar-refractivity contribution in [3.05, 3.63) is 54.1 Å². The fourth-order valence-electron chi connectivity index (χ4n) is 1.52. The second kappa shape index (κ2) is 6.42. The molecule has 0 saturated carbocycles. The molecule has 1 aromatic heterocycles. The van der Waals surface area contributed by atoms with Crippen molar-refractivity contribution in [2.75, 3.05) is 7.11 Å². The molecule has 1 heterocycles. The summed E-state index contributed by atoms with van der Waals surface area (Å²) >= 11 is 0. The summed E-state index contributed by atoms with van der Waals surface area (Å²) in [5, 5.41) is 4.04. The first-order chi connectivity index (χ1) is 9.70. The van der Waals surface area contributed by atoms with Crippen molar-refractivity contribution >= 4 is 11.6 Å². The molecule has 2 rings (SSSR count). The maximum atomic E-state index is 11.8. The van der Waals surface area contributed by atoms with Crippen molar-refractivity contribution in [3.63, 3.8) is 0 Å². The molecule has 0 unspecified atom stereocenters. The lowest BCUT2D eigenvalue weighted by Gasteiger charge is -2.04. The molecule has 0 saturated heterocycles. The van der Waals surface area contributed by atoms with Gasteiger partial charge in [-0.05, 0) is 19.1 Å². The number of nitrogens with one attached hydrogen (secondary N) is 1. The Hall–Kier alpha value is -2.76. The number of ether oxygens (including phenoxy) is 1. The van der Waals surface area contributed by atoms with Crippen LogP contribution in [0.25, 0.3) is 0 Å². The van der Waals surface area contributed by atoms with E-state index in [4.69, 9.17) is 4.74 Å². The van der Waals surface area contributed by atoms with Gasteiger partial charge in [-0.1, -0.05) is 12.1 Å². The van der Waals surface area contributed by atoms with Gasteiger partial charge in [0.2, 0.25) is 0 Å². The van der Waals surface area contributed by atoms with Gasteiger partial charge >= 0.3 is 0 Å². The number of carbonyl (C=O) groups is 1. The number of methoxy groups -OCH3 is 1. The van der Waals surface area contributed by atoms with E-state index in [1.54, 1.807) is 14.0 Å². The fraction of sp³-hybridized carbons (Fsp3) is 0.143. The highest BCUT2D eigenvalue weighted by Gasteiger charge is 2.06. The summed E-state index contributed by atoms with van der Waals surface area (Å²) in [6.07, 6.45) is 4.33. The molecule has 6 nitrogen and oxygen atoms in total. The molecule has 2 aromatic rings. The number of carbonyl (C=O) groups excluding carboxylic acids is 1. The molecule has 0 bridgehead atoms. The Bertz CT molecular complexity index is 626. The minimum atomic E-state index is -0.402. The molecular weight excluding hydrogens is 256 g/mol. The van der Waals surface area contributed by atoms with Gasteiger partial charge in [0.1, 0.15) is 11.4 Å². The van der Waals surface area contributed by atoms with Crippen molar-refractivity contribution in [1.29, 1.82) is 0 Å². The Morgan fingerprint density at radius 2 is 2.20 bits per heavy atom. The molecule has 0 aliphatic rings. The van der Waals surface area contributed by atoms with E-state index in [0.29, 0.717) is 5.71 Å². The molecular formula is C14H14N4O2. The third kappa shape index (κ3) is 3.38. The van der Waals surface area contributed by atoms with Crippen LogP contribution in [0.3, 0.4) is 0 Å². The largest absolute Gasteiger partial charge is 0.497 e. The monoisotopic (exact) mass is 270 g/mol. The van der Waals surface area contributed by atoms with Crippen LogP contribution >= 0.6 is 0 Å². The van der Waals surface area contributed by atoms with E-state index in [1.807, 2.05) is 24.3 Å². The summed E-state index contributed by atoms with van der Waals surface area (Å²) in [7, 11) is 1.60. The van der Waals surface area contributed by atoms with Crippen LogP contribution in [0.15, 0.2) is 48.0 Å². The molecule has 1 aromatic carbocycles. The predicted octanol–water partition coefficient (Wildman–Crippen LogP) is 1.64. The number of rotatable bonds is 4. The molecule has 0 atom stereocenters. The van der Waals surface area contributed by atoms with Crippen LogP contribution < -0.4 is 10.2 Å². The van der Waals surface area contributed by atoms with Gasteiger partial charge in [0, 0.05) is 18.0 Å². The number of aromatic nitrogens is 2. The highest BCUT2D eigenvalue weighted by Crippen LogP contribution is 2.13. The van der Waals surface area contributed by atoms with Crippen LogP contribution in [0.2, 0.25) is 0 Å². The zero-order chi connectivity index (χ0) is 14.4. The summed E-state index contributed by atoms with van der Waals surface area (Å²) in [5.74, 6) is 0.331. The number of hydrogen-bond acceptors (Lipinski definition) is 5. The summed E-state index contributed by atoms with van der Waals surface area (Å²) < 4.78 is 5.14. The van der Waals surface area contributed by atoms with E-state index < -0.39 is 5.91 Å². The Morgan fingerprint density at radius 3 is 2.90 bits per heavy atom. The quantitative estimate of drug-likeness (QED) is 0.677. The second-order valence-electron chi connectivity index (χ2n) is 3.96. The number of benzene rings is 1. The van der Waals surface area contributed by atoms with Gasteiger partial charge in [-0.25, -0.2) is 10.4 Å². The van der Waals surface area contributed by atoms with Crippen LogP contribution in [0.4, 0.5) is 0 Å². The first kappa shape index (κ1) is 13.7. The van der Waals surface area contributed by atoms with Crippen LogP contribution in [0, 0.1) is 0 Å². The Labute approximate surface area is 116 Å².